The van der Waals surface area contributed by atoms with Gasteiger partial charge in [0.2, 0.25) is 0 Å². The Hall–Kier alpha value is -3.98. The second-order valence-corrected chi connectivity index (χ2v) is 9.31. The van der Waals surface area contributed by atoms with Crippen LogP contribution in [0.25, 0.3) is 39.3 Å². The van der Waals surface area contributed by atoms with Gasteiger partial charge in [0.15, 0.2) is 5.82 Å². The summed E-state index contributed by atoms with van der Waals surface area (Å²) in [5.74, 6) is 0.827. The minimum Gasteiger partial charge on any atom is -0.281 e. The predicted octanol–water partition coefficient (Wildman–Crippen LogP) is 7.57. The van der Waals surface area contributed by atoms with Crippen molar-refractivity contribution in [2.45, 2.75) is 26.2 Å². The van der Waals surface area contributed by atoms with Crippen molar-refractivity contribution in [3.63, 3.8) is 0 Å². The van der Waals surface area contributed by atoms with Crippen molar-refractivity contribution >= 4 is 0 Å². The molecule has 5 rings (SSSR count). The number of rotatable bonds is 4. The van der Waals surface area contributed by atoms with E-state index >= 15 is 0 Å². The molecule has 0 aliphatic carbocycles. The quantitative estimate of drug-likeness (QED) is 0.295. The van der Waals surface area contributed by atoms with Crippen LogP contribution in [0.5, 0.6) is 0 Å². The van der Waals surface area contributed by atoms with E-state index in [0.717, 1.165) is 22.6 Å². The summed E-state index contributed by atoms with van der Waals surface area (Å²) in [5, 5.41) is 8.71. The summed E-state index contributed by atoms with van der Waals surface area (Å²) in [6.45, 7) is 6.72. The van der Waals surface area contributed by atoms with Crippen molar-refractivity contribution in [3.8, 4) is 39.3 Å². The van der Waals surface area contributed by atoms with Gasteiger partial charge in [0.05, 0.1) is 5.69 Å². The van der Waals surface area contributed by atoms with Crippen molar-refractivity contribution in [1.29, 1.82) is 0 Å². The lowest BCUT2D eigenvalue weighted by Gasteiger charge is -2.19. The summed E-state index contributed by atoms with van der Waals surface area (Å²) in [6, 6.07) is 36.2. The van der Waals surface area contributed by atoms with Crippen molar-refractivity contribution in [2.24, 2.45) is 0 Å². The molecule has 3 heteroatoms. The zero-order valence-corrected chi connectivity index (χ0v) is 19.2. The van der Waals surface area contributed by atoms with Crippen LogP contribution < -0.4 is 0 Å². The molecule has 0 aliphatic rings. The Kier molecular flexibility index (Phi) is 5.39. The molecule has 0 unspecified atom stereocenters. The Labute approximate surface area is 195 Å². The van der Waals surface area contributed by atoms with Crippen molar-refractivity contribution in [3.05, 3.63) is 115 Å². The van der Waals surface area contributed by atoms with Crippen LogP contribution in [0.15, 0.2) is 109 Å². The van der Waals surface area contributed by atoms with Crippen LogP contribution >= 0.6 is 0 Å². The summed E-state index contributed by atoms with van der Waals surface area (Å²) in [6.07, 6.45) is 1.79. The third-order valence-electron chi connectivity index (χ3n) is 6.02. The maximum absolute atomic E-state index is 4.46. The van der Waals surface area contributed by atoms with Crippen LogP contribution in [0.4, 0.5) is 0 Å². The molecule has 0 fully saturated rings. The van der Waals surface area contributed by atoms with Gasteiger partial charge in [-0.2, -0.15) is 0 Å². The number of nitrogens with zero attached hydrogens (tertiary/aromatic N) is 3. The van der Waals surface area contributed by atoms with Gasteiger partial charge in [0.1, 0.15) is 6.33 Å². The summed E-state index contributed by atoms with van der Waals surface area (Å²) in [5.41, 5.74) is 8.27. The Balaban J connectivity index is 1.53. The summed E-state index contributed by atoms with van der Waals surface area (Å²) in [7, 11) is 0. The van der Waals surface area contributed by atoms with E-state index in [0.29, 0.717) is 0 Å². The van der Waals surface area contributed by atoms with Crippen LogP contribution in [-0.4, -0.2) is 14.8 Å². The molecule has 0 spiro atoms. The molecular weight excluding hydrogens is 402 g/mol. The number of benzene rings is 4. The lowest BCUT2D eigenvalue weighted by atomic mass is 9.86. The molecule has 0 bridgehead atoms. The third kappa shape index (κ3) is 4.22. The van der Waals surface area contributed by atoms with Crippen LogP contribution in [0.2, 0.25) is 0 Å². The maximum atomic E-state index is 4.46. The molecule has 1 aromatic heterocycles. The van der Waals surface area contributed by atoms with Gasteiger partial charge in [-0.15, -0.1) is 10.2 Å². The van der Waals surface area contributed by atoms with E-state index < -0.39 is 0 Å². The Morgan fingerprint density at radius 1 is 0.576 bits per heavy atom. The Morgan fingerprint density at radius 2 is 1.15 bits per heavy atom. The maximum Gasteiger partial charge on any atom is 0.168 e. The van der Waals surface area contributed by atoms with Crippen LogP contribution in [0, 0.1) is 0 Å². The van der Waals surface area contributed by atoms with Crippen molar-refractivity contribution in [2.75, 3.05) is 0 Å². The summed E-state index contributed by atoms with van der Waals surface area (Å²) in [4.78, 5) is 0. The average molecular weight is 430 g/mol. The van der Waals surface area contributed by atoms with Gasteiger partial charge in [0, 0.05) is 11.1 Å². The largest absolute Gasteiger partial charge is 0.281 e. The van der Waals surface area contributed by atoms with E-state index in [1.165, 1.54) is 22.3 Å². The highest BCUT2D eigenvalue weighted by Gasteiger charge is 2.16. The molecule has 33 heavy (non-hydrogen) atoms. The minimum absolute atomic E-state index is 0.130. The van der Waals surface area contributed by atoms with Gasteiger partial charge in [-0.3, -0.25) is 4.57 Å². The van der Waals surface area contributed by atoms with Gasteiger partial charge in [-0.25, -0.2) is 0 Å². The van der Waals surface area contributed by atoms with E-state index in [2.05, 4.69) is 133 Å². The molecular formula is C30H27N3. The smallest absolute Gasteiger partial charge is 0.168 e. The van der Waals surface area contributed by atoms with E-state index in [1.807, 2.05) is 6.07 Å². The first-order valence-electron chi connectivity index (χ1n) is 11.3. The van der Waals surface area contributed by atoms with E-state index in [9.17, 15) is 0 Å². The van der Waals surface area contributed by atoms with Gasteiger partial charge in [0.25, 0.3) is 0 Å². The molecule has 1 heterocycles. The zero-order valence-electron chi connectivity index (χ0n) is 19.2. The fraction of sp³-hybridized carbons (Fsp3) is 0.133. The van der Waals surface area contributed by atoms with E-state index in [4.69, 9.17) is 0 Å². The molecule has 5 aromatic rings. The first-order valence-corrected chi connectivity index (χ1v) is 11.3. The van der Waals surface area contributed by atoms with Gasteiger partial charge in [-0.05, 0) is 33.7 Å². The Morgan fingerprint density at radius 3 is 1.85 bits per heavy atom. The first-order chi connectivity index (χ1) is 16.0. The van der Waals surface area contributed by atoms with Crippen LogP contribution in [-0.2, 0) is 5.41 Å². The Bertz CT molecular complexity index is 1360. The second kappa shape index (κ2) is 8.51. The van der Waals surface area contributed by atoms with Crippen molar-refractivity contribution in [1.82, 2.24) is 14.8 Å². The van der Waals surface area contributed by atoms with E-state index in [1.54, 1.807) is 6.33 Å². The number of hydrogen-bond donors (Lipinski definition) is 0. The topological polar surface area (TPSA) is 30.7 Å². The van der Waals surface area contributed by atoms with Crippen molar-refractivity contribution < 1.29 is 0 Å². The standard InChI is InChI=1S/C30H27N3/c1-30(2,3)26-19-17-24(18-20-26)27-11-7-8-12-28(27)33-21-31-32-29(33)25-15-13-23(14-16-25)22-9-5-4-6-10-22/h4-21H,1-3H3. The molecule has 3 nitrogen and oxygen atoms in total. The predicted molar refractivity (Wildman–Crippen MR) is 136 cm³/mol. The fourth-order valence-corrected chi connectivity index (χ4v) is 4.13. The third-order valence-corrected chi connectivity index (χ3v) is 6.02. The normalized spacial score (nSPS) is 11.5. The molecule has 0 N–H and O–H groups in total. The lowest BCUT2D eigenvalue weighted by Crippen LogP contribution is -2.10. The second-order valence-electron chi connectivity index (χ2n) is 9.31. The van der Waals surface area contributed by atoms with Crippen LogP contribution in [0.1, 0.15) is 26.3 Å². The molecule has 0 amide bonds. The lowest BCUT2D eigenvalue weighted by molar-refractivity contribution is 0.590. The molecule has 4 aromatic carbocycles. The molecule has 0 saturated carbocycles. The van der Waals surface area contributed by atoms with Gasteiger partial charge in [-0.1, -0.05) is 118 Å². The van der Waals surface area contributed by atoms with Gasteiger partial charge < -0.3 is 0 Å². The van der Waals surface area contributed by atoms with Crippen LogP contribution in [0.3, 0.4) is 0 Å². The zero-order chi connectivity index (χ0) is 22.8. The highest BCUT2D eigenvalue weighted by molar-refractivity contribution is 5.75. The minimum atomic E-state index is 0.130. The first kappa shape index (κ1) is 20.9. The number of aromatic nitrogens is 3. The molecule has 0 radical (unpaired) electrons. The number of hydrogen-bond acceptors (Lipinski definition) is 2. The number of para-hydroxylation sites is 1. The highest BCUT2D eigenvalue weighted by atomic mass is 15.3. The fourth-order valence-electron chi connectivity index (χ4n) is 4.13. The molecule has 0 aliphatic heterocycles. The van der Waals surface area contributed by atoms with Gasteiger partial charge >= 0.3 is 0 Å². The average Bonchev–Trinajstić information content (AvgIpc) is 3.34. The molecule has 0 saturated heterocycles. The summed E-state index contributed by atoms with van der Waals surface area (Å²) >= 11 is 0. The molecule has 162 valence electrons. The van der Waals surface area contributed by atoms with E-state index in [-0.39, 0.29) is 5.41 Å². The molecule has 0 atom stereocenters. The monoisotopic (exact) mass is 429 g/mol. The summed E-state index contributed by atoms with van der Waals surface area (Å²) < 4.78 is 2.07. The SMILES string of the molecule is CC(C)(C)c1ccc(-c2ccccc2-n2cnnc2-c2ccc(-c3ccccc3)cc2)cc1. The highest BCUT2D eigenvalue weighted by Crippen LogP contribution is 2.32.